The molecule has 43 heavy (non-hydrogen) atoms. The molecule has 2 aromatic heterocycles. The van der Waals surface area contributed by atoms with Gasteiger partial charge >= 0.3 is 18.3 Å². The van der Waals surface area contributed by atoms with E-state index in [1.54, 1.807) is 6.92 Å². The fourth-order valence-corrected chi connectivity index (χ4v) is 7.83. The molecule has 7 rings (SSSR count). The predicted molar refractivity (Wildman–Crippen MR) is 135 cm³/mol. The third kappa shape index (κ3) is 4.70. The van der Waals surface area contributed by atoms with Gasteiger partial charge in [0.2, 0.25) is 0 Å². The number of halogens is 6. The Hall–Kier alpha value is -3.48. The molecule has 11 nitrogen and oxygen atoms in total. The highest BCUT2D eigenvalue weighted by molar-refractivity contribution is 7.89. The minimum Gasteiger partial charge on any atom is -0.381 e. The Labute approximate surface area is 240 Å². The van der Waals surface area contributed by atoms with Crippen molar-refractivity contribution in [1.82, 2.24) is 23.7 Å². The van der Waals surface area contributed by atoms with E-state index in [1.165, 1.54) is 12.3 Å². The summed E-state index contributed by atoms with van der Waals surface area (Å²) in [6, 6.07) is 3.53. The summed E-state index contributed by atoms with van der Waals surface area (Å²) in [6.45, 7) is 3.61. The van der Waals surface area contributed by atoms with Gasteiger partial charge in [0.1, 0.15) is 0 Å². The Morgan fingerprint density at radius 3 is 2.37 bits per heavy atom. The molecule has 4 fully saturated rings. The highest BCUT2D eigenvalue weighted by Gasteiger charge is 2.76. The van der Waals surface area contributed by atoms with E-state index in [4.69, 9.17) is 10.5 Å². The van der Waals surface area contributed by atoms with Crippen LogP contribution in [0, 0.1) is 6.92 Å². The summed E-state index contributed by atoms with van der Waals surface area (Å²) in [5.41, 5.74) is 2.92. The zero-order valence-corrected chi connectivity index (χ0v) is 23.2. The van der Waals surface area contributed by atoms with Crippen LogP contribution < -0.4 is 5.73 Å². The lowest BCUT2D eigenvalue weighted by molar-refractivity contribution is -0.302. The van der Waals surface area contributed by atoms with Crippen molar-refractivity contribution >= 4 is 27.5 Å². The minimum atomic E-state index is -5.47. The number of aryl methyl sites for hydroxylation is 1. The van der Waals surface area contributed by atoms with E-state index in [2.05, 4.69) is 19.7 Å². The molecule has 3 heterocycles. The summed E-state index contributed by atoms with van der Waals surface area (Å²) in [5.74, 6) is -3.22. The Morgan fingerprint density at radius 1 is 1.12 bits per heavy atom. The van der Waals surface area contributed by atoms with Gasteiger partial charge < -0.3 is 15.3 Å². The van der Waals surface area contributed by atoms with Crippen LogP contribution in [0.5, 0.6) is 0 Å². The molecule has 0 amide bonds. The second-order valence-corrected chi connectivity index (χ2v) is 12.8. The molecular weight excluding hydrogens is 610 g/mol. The maximum absolute atomic E-state index is 13.9. The molecule has 1 aromatic carbocycles. The quantitative estimate of drug-likeness (QED) is 0.320. The van der Waals surface area contributed by atoms with Crippen LogP contribution in [0.1, 0.15) is 30.5 Å². The minimum absolute atomic E-state index is 0.0137. The van der Waals surface area contributed by atoms with Gasteiger partial charge in [0.05, 0.1) is 35.5 Å². The molecule has 0 radical (unpaired) electrons. The number of hydroxylamine groups is 1. The molecule has 2 bridgehead atoms. The SMILES string of the molecule is Cc1ccc(S(=O)(=O)N(OC(=O)C(F)(F)F)C23CC(N4CCOCC4)(C2)C3)cc1-c1cnc2c(N)nc(C(F)(F)F)cn12. The Morgan fingerprint density at radius 2 is 1.77 bits per heavy atom. The van der Waals surface area contributed by atoms with E-state index in [-0.39, 0.29) is 40.6 Å². The van der Waals surface area contributed by atoms with Crippen LogP contribution in [0.15, 0.2) is 35.5 Å². The van der Waals surface area contributed by atoms with Crippen molar-refractivity contribution in [2.45, 2.75) is 54.5 Å². The lowest BCUT2D eigenvalue weighted by Gasteiger charge is -2.74. The molecule has 1 aliphatic heterocycles. The number of nitrogen functional groups attached to an aromatic ring is 1. The second-order valence-electron chi connectivity index (χ2n) is 11.0. The number of nitrogens with zero attached hydrogens (tertiary/aromatic N) is 5. The van der Waals surface area contributed by atoms with Crippen molar-refractivity contribution in [3.05, 3.63) is 41.9 Å². The van der Waals surface area contributed by atoms with Crippen LogP contribution in [0.25, 0.3) is 16.9 Å². The van der Waals surface area contributed by atoms with E-state index in [1.807, 2.05) is 0 Å². The van der Waals surface area contributed by atoms with E-state index in [9.17, 15) is 39.6 Å². The number of carbonyl (C=O) groups is 1. The molecule has 0 unspecified atom stereocenters. The van der Waals surface area contributed by atoms with Crippen molar-refractivity contribution in [2.24, 2.45) is 0 Å². The van der Waals surface area contributed by atoms with Crippen LogP contribution in [0.4, 0.5) is 32.2 Å². The number of benzene rings is 1. The number of fused-ring (bicyclic) bond motifs is 1. The van der Waals surface area contributed by atoms with Crippen molar-refractivity contribution < 1.29 is 49.1 Å². The summed E-state index contributed by atoms with van der Waals surface area (Å²) in [6.07, 6.45) is -8.08. The van der Waals surface area contributed by atoms with E-state index in [0.717, 1.165) is 16.5 Å². The molecule has 2 N–H and O–H groups in total. The molecule has 18 heteroatoms. The number of sulfonamides is 1. The Bertz CT molecular complexity index is 1710. The first-order valence-corrected chi connectivity index (χ1v) is 14.4. The highest BCUT2D eigenvalue weighted by atomic mass is 32.2. The van der Waals surface area contributed by atoms with Gasteiger partial charge in [-0.3, -0.25) is 9.30 Å². The number of anilines is 1. The van der Waals surface area contributed by atoms with Gasteiger partial charge in [-0.05, 0) is 48.4 Å². The number of aromatic nitrogens is 3. The maximum Gasteiger partial charge on any atom is 0.492 e. The topological polar surface area (TPSA) is 132 Å². The largest absolute Gasteiger partial charge is 0.492 e. The number of carbonyl (C=O) groups excluding carboxylic acids is 1. The van der Waals surface area contributed by atoms with Gasteiger partial charge in [-0.1, -0.05) is 6.07 Å². The number of alkyl halides is 6. The molecule has 232 valence electrons. The molecule has 3 aliphatic carbocycles. The van der Waals surface area contributed by atoms with E-state index < -0.39 is 55.8 Å². The number of morpholine rings is 1. The fourth-order valence-electron chi connectivity index (χ4n) is 6.26. The Balaban J connectivity index is 1.39. The van der Waals surface area contributed by atoms with Crippen LogP contribution >= 0.6 is 0 Å². The maximum atomic E-state index is 13.9. The molecule has 0 atom stereocenters. The smallest absolute Gasteiger partial charge is 0.381 e. The number of hydrogen-bond acceptors (Lipinski definition) is 9. The van der Waals surface area contributed by atoms with Crippen molar-refractivity contribution in [3.8, 4) is 11.3 Å². The van der Waals surface area contributed by atoms with E-state index >= 15 is 0 Å². The number of rotatable bonds is 6. The molecular formula is C25H24F6N6O5S. The molecule has 3 saturated carbocycles. The third-order valence-corrected chi connectivity index (χ3v) is 10.00. The van der Waals surface area contributed by atoms with Gasteiger partial charge in [-0.25, -0.2) is 23.2 Å². The summed E-state index contributed by atoms with van der Waals surface area (Å²) in [7, 11) is -4.92. The fraction of sp³-hybridized carbons (Fsp3) is 0.480. The van der Waals surface area contributed by atoms with E-state index in [0.29, 0.717) is 38.1 Å². The van der Waals surface area contributed by atoms with Crippen molar-refractivity contribution in [1.29, 1.82) is 0 Å². The summed E-state index contributed by atoms with van der Waals surface area (Å²) >= 11 is 0. The van der Waals surface area contributed by atoms with Crippen LogP contribution in [0.3, 0.4) is 0 Å². The monoisotopic (exact) mass is 634 g/mol. The Kier molecular flexibility index (Phi) is 6.54. The number of ether oxygens (including phenoxy) is 1. The number of hydrogen-bond donors (Lipinski definition) is 1. The van der Waals surface area contributed by atoms with Gasteiger partial charge in [-0.15, -0.1) is 0 Å². The summed E-state index contributed by atoms with van der Waals surface area (Å²) < 4.78 is 114. The summed E-state index contributed by atoms with van der Waals surface area (Å²) in [5, 5.41) is 0. The highest BCUT2D eigenvalue weighted by Crippen LogP contribution is 2.67. The van der Waals surface area contributed by atoms with Crippen molar-refractivity contribution in [2.75, 3.05) is 32.0 Å². The van der Waals surface area contributed by atoms with Crippen LogP contribution in [-0.4, -0.2) is 81.7 Å². The van der Waals surface area contributed by atoms with Crippen LogP contribution in [-0.2, 0) is 30.6 Å². The zero-order chi connectivity index (χ0) is 31.2. The first-order valence-electron chi connectivity index (χ1n) is 13.0. The molecule has 4 aliphatic rings. The third-order valence-electron chi connectivity index (χ3n) is 8.25. The first-order chi connectivity index (χ1) is 20.0. The second kappa shape index (κ2) is 9.51. The number of nitrogens with two attached hydrogens (primary N) is 1. The zero-order valence-electron chi connectivity index (χ0n) is 22.4. The van der Waals surface area contributed by atoms with Crippen LogP contribution in [0.2, 0.25) is 0 Å². The van der Waals surface area contributed by atoms with Gasteiger partial charge in [0, 0.05) is 30.4 Å². The predicted octanol–water partition coefficient (Wildman–Crippen LogP) is 3.32. The lowest BCUT2D eigenvalue weighted by atomic mass is 9.43. The molecule has 0 spiro atoms. The normalized spacial score (nSPS) is 24.6. The summed E-state index contributed by atoms with van der Waals surface area (Å²) in [4.78, 5) is 25.4. The average Bonchev–Trinajstić information content (AvgIpc) is 3.31. The standard InChI is InChI=1S/C25H24F6N6O5S/c1-14-2-3-15(8-16(14)17-9-33-20-19(32)34-18(10-36(17)20)24(26,27)28)43(39,40)37(42-21(38)25(29,30)31)23-11-22(12-23,13-23)35-4-6-41-7-5-35/h2-3,8-10H,4-7,11-13H2,1H3,(H2,32,34). The molecule has 1 saturated heterocycles. The first kappa shape index (κ1) is 29.6. The molecule has 3 aromatic rings. The van der Waals surface area contributed by atoms with Gasteiger partial charge in [0.25, 0.3) is 10.0 Å². The average molecular weight is 635 g/mol. The van der Waals surface area contributed by atoms with Gasteiger partial charge in [-0.2, -0.15) is 26.3 Å². The van der Waals surface area contributed by atoms with Crippen molar-refractivity contribution in [3.63, 3.8) is 0 Å². The number of imidazole rings is 1. The van der Waals surface area contributed by atoms with Gasteiger partial charge in [0.15, 0.2) is 17.2 Å². The lowest BCUT2D eigenvalue weighted by Crippen LogP contribution is -2.84.